The van der Waals surface area contributed by atoms with E-state index in [-0.39, 0.29) is 12.4 Å². The molecule has 0 saturated carbocycles. The monoisotopic (exact) mass is 275 g/mol. The van der Waals surface area contributed by atoms with Crippen LogP contribution in [0.25, 0.3) is 0 Å². The van der Waals surface area contributed by atoms with Crippen LogP contribution in [0.5, 0.6) is 5.75 Å². The van der Waals surface area contributed by atoms with Gasteiger partial charge >= 0.3 is 0 Å². The van der Waals surface area contributed by atoms with Crippen molar-refractivity contribution in [1.82, 2.24) is 5.32 Å². The van der Waals surface area contributed by atoms with Crippen LogP contribution in [0.2, 0.25) is 0 Å². The summed E-state index contributed by atoms with van der Waals surface area (Å²) in [5.74, 6) is -1.77. The molecule has 0 heterocycles. The molecule has 0 unspecified atom stereocenters. The van der Waals surface area contributed by atoms with E-state index in [9.17, 15) is 8.78 Å². The molecule has 1 N–H and O–H groups in total. The summed E-state index contributed by atoms with van der Waals surface area (Å²) in [4.78, 5) is 0. The van der Waals surface area contributed by atoms with Gasteiger partial charge in [0.25, 0.3) is 0 Å². The second-order valence-electron chi connectivity index (χ2n) is 3.91. The number of nitrogens with one attached hydrogen (secondary N) is 1. The largest absolute Gasteiger partial charge is 0.483 e. The van der Waals surface area contributed by atoms with E-state index in [1.807, 2.05) is 6.92 Å². The number of ether oxygens (including phenoxy) is 1. The molecule has 0 aliphatic carbocycles. The molecule has 1 aromatic carbocycles. The minimum absolute atomic E-state index is 0.0594. The predicted octanol–water partition coefficient (Wildman–Crippen LogP) is 3.60. The van der Waals surface area contributed by atoms with Crippen LogP contribution in [-0.2, 0) is 6.54 Å². The molecule has 0 aliphatic rings. The summed E-state index contributed by atoms with van der Waals surface area (Å²) in [5.41, 5.74) is 2.55. The summed E-state index contributed by atoms with van der Waals surface area (Å²) in [6.07, 6.45) is 0. The van der Waals surface area contributed by atoms with Crippen molar-refractivity contribution in [3.05, 3.63) is 40.4 Å². The molecule has 0 radical (unpaired) electrons. The second-order valence-corrected chi connectivity index (χ2v) is 4.13. The molecule has 0 fully saturated rings. The Hall–Kier alpha value is -1.13. The normalized spacial score (nSPS) is 11.7. The van der Waals surface area contributed by atoms with E-state index >= 15 is 0 Å². The standard InChI is InChI=1S/C13H16ClF2NO/c1-3-17-7-10-4-11(15)13(12(16)5-10)18-8-9(2)6-14/h4-6,17H,3,7-8H2,1-2H3/b9-6+. The minimum Gasteiger partial charge on any atom is -0.483 e. The highest BCUT2D eigenvalue weighted by Gasteiger charge is 2.12. The lowest BCUT2D eigenvalue weighted by molar-refractivity contribution is 0.312. The van der Waals surface area contributed by atoms with Gasteiger partial charge in [0.15, 0.2) is 17.4 Å². The number of rotatable bonds is 6. The lowest BCUT2D eigenvalue weighted by Gasteiger charge is -2.10. The summed E-state index contributed by atoms with van der Waals surface area (Å²) in [7, 11) is 0. The third-order valence-electron chi connectivity index (χ3n) is 2.27. The Morgan fingerprint density at radius 3 is 2.50 bits per heavy atom. The van der Waals surface area contributed by atoms with E-state index in [1.165, 1.54) is 17.7 Å². The quantitative estimate of drug-likeness (QED) is 0.857. The van der Waals surface area contributed by atoms with E-state index in [4.69, 9.17) is 16.3 Å². The van der Waals surface area contributed by atoms with Gasteiger partial charge in [-0.1, -0.05) is 18.5 Å². The van der Waals surface area contributed by atoms with Crippen LogP contribution >= 0.6 is 11.6 Å². The van der Waals surface area contributed by atoms with E-state index < -0.39 is 11.6 Å². The number of benzene rings is 1. The van der Waals surface area contributed by atoms with Crippen LogP contribution in [0.15, 0.2) is 23.2 Å². The second kappa shape index (κ2) is 7.34. The van der Waals surface area contributed by atoms with Crippen molar-refractivity contribution in [2.75, 3.05) is 13.2 Å². The Balaban J connectivity index is 2.80. The molecule has 1 aromatic rings. The van der Waals surface area contributed by atoms with Gasteiger partial charge in [0.05, 0.1) is 0 Å². The summed E-state index contributed by atoms with van der Waals surface area (Å²) >= 11 is 5.44. The molecule has 18 heavy (non-hydrogen) atoms. The first-order chi connectivity index (χ1) is 8.58. The van der Waals surface area contributed by atoms with Crippen molar-refractivity contribution in [3.8, 4) is 5.75 Å². The summed E-state index contributed by atoms with van der Waals surface area (Å²) in [6, 6.07) is 2.53. The number of hydrogen-bond donors (Lipinski definition) is 1. The average Bonchev–Trinajstić information content (AvgIpc) is 2.34. The van der Waals surface area contributed by atoms with Gasteiger partial charge in [-0.2, -0.15) is 0 Å². The average molecular weight is 276 g/mol. The van der Waals surface area contributed by atoms with E-state index in [0.29, 0.717) is 17.7 Å². The maximum atomic E-state index is 13.6. The van der Waals surface area contributed by atoms with Crippen molar-refractivity contribution < 1.29 is 13.5 Å². The first-order valence-electron chi connectivity index (χ1n) is 5.65. The predicted molar refractivity (Wildman–Crippen MR) is 68.8 cm³/mol. The topological polar surface area (TPSA) is 21.3 Å². The van der Waals surface area contributed by atoms with Crippen molar-refractivity contribution in [2.45, 2.75) is 20.4 Å². The Bertz CT molecular complexity index is 412. The lowest BCUT2D eigenvalue weighted by atomic mass is 10.2. The van der Waals surface area contributed by atoms with Crippen LogP contribution in [0.4, 0.5) is 8.78 Å². The van der Waals surface area contributed by atoms with Gasteiger partial charge < -0.3 is 10.1 Å². The highest BCUT2D eigenvalue weighted by atomic mass is 35.5. The Morgan fingerprint density at radius 1 is 1.39 bits per heavy atom. The van der Waals surface area contributed by atoms with Crippen LogP contribution in [0.1, 0.15) is 19.4 Å². The van der Waals surface area contributed by atoms with Gasteiger partial charge in [-0.25, -0.2) is 8.78 Å². The third-order valence-corrected chi connectivity index (χ3v) is 2.64. The van der Waals surface area contributed by atoms with Crippen molar-refractivity contribution in [1.29, 1.82) is 0 Å². The molecule has 0 bridgehead atoms. The van der Waals surface area contributed by atoms with Gasteiger partial charge in [0.1, 0.15) is 6.61 Å². The van der Waals surface area contributed by atoms with Crippen molar-refractivity contribution in [2.24, 2.45) is 0 Å². The zero-order chi connectivity index (χ0) is 13.5. The molecular formula is C13H16ClF2NO. The molecule has 0 saturated heterocycles. The fourth-order valence-corrected chi connectivity index (χ4v) is 1.40. The SMILES string of the molecule is CCNCc1cc(F)c(OC/C(C)=C/Cl)c(F)c1. The molecule has 0 aliphatic heterocycles. The molecule has 5 heteroatoms. The van der Waals surface area contributed by atoms with E-state index in [2.05, 4.69) is 5.32 Å². The van der Waals surface area contributed by atoms with E-state index in [0.717, 1.165) is 6.54 Å². The zero-order valence-corrected chi connectivity index (χ0v) is 11.2. The van der Waals surface area contributed by atoms with Gasteiger partial charge in [0, 0.05) is 12.1 Å². The summed E-state index contributed by atoms with van der Waals surface area (Å²) < 4.78 is 32.4. The van der Waals surface area contributed by atoms with Gasteiger partial charge in [-0.05, 0) is 36.7 Å². The lowest BCUT2D eigenvalue weighted by Crippen LogP contribution is -2.12. The fourth-order valence-electron chi connectivity index (χ4n) is 1.34. The summed E-state index contributed by atoms with van der Waals surface area (Å²) in [6.45, 7) is 4.85. The molecule has 0 aromatic heterocycles. The maximum Gasteiger partial charge on any atom is 0.191 e. The maximum absolute atomic E-state index is 13.6. The molecule has 0 spiro atoms. The molecule has 0 amide bonds. The first-order valence-corrected chi connectivity index (χ1v) is 6.09. The number of hydrogen-bond acceptors (Lipinski definition) is 2. The molecule has 0 atom stereocenters. The Labute approximate surface area is 111 Å². The van der Waals surface area contributed by atoms with Crippen LogP contribution in [0.3, 0.4) is 0 Å². The van der Waals surface area contributed by atoms with Crippen molar-refractivity contribution >= 4 is 11.6 Å². The van der Waals surface area contributed by atoms with Gasteiger partial charge in [-0.15, -0.1) is 0 Å². The number of halogens is 3. The molecule has 1 rings (SSSR count). The highest BCUT2D eigenvalue weighted by molar-refractivity contribution is 6.25. The Morgan fingerprint density at radius 2 is 2.00 bits per heavy atom. The van der Waals surface area contributed by atoms with Gasteiger partial charge in [0.2, 0.25) is 0 Å². The molecular weight excluding hydrogens is 260 g/mol. The molecule has 100 valence electrons. The Kier molecular flexibility index (Phi) is 6.09. The van der Waals surface area contributed by atoms with Crippen LogP contribution in [0, 0.1) is 11.6 Å². The summed E-state index contributed by atoms with van der Waals surface area (Å²) in [5, 5.41) is 3.00. The zero-order valence-electron chi connectivity index (χ0n) is 10.4. The van der Waals surface area contributed by atoms with Crippen LogP contribution < -0.4 is 10.1 Å². The van der Waals surface area contributed by atoms with Crippen molar-refractivity contribution in [3.63, 3.8) is 0 Å². The highest BCUT2D eigenvalue weighted by Crippen LogP contribution is 2.23. The minimum atomic E-state index is -0.703. The molecule has 2 nitrogen and oxygen atoms in total. The third kappa shape index (κ3) is 4.27. The van der Waals surface area contributed by atoms with E-state index in [1.54, 1.807) is 6.92 Å². The van der Waals surface area contributed by atoms with Crippen LogP contribution in [-0.4, -0.2) is 13.2 Å². The van der Waals surface area contributed by atoms with Gasteiger partial charge in [-0.3, -0.25) is 0 Å². The fraction of sp³-hybridized carbons (Fsp3) is 0.385. The first kappa shape index (κ1) is 14.9. The smallest absolute Gasteiger partial charge is 0.191 e.